The highest BCUT2D eigenvalue weighted by atomic mass is 35.5. The van der Waals surface area contributed by atoms with Crippen molar-refractivity contribution in [3.63, 3.8) is 0 Å². The number of hydrazine groups is 1. The van der Waals surface area contributed by atoms with E-state index in [0.717, 1.165) is 22.5 Å². The summed E-state index contributed by atoms with van der Waals surface area (Å²) in [6, 6.07) is 13.8. The number of aromatic nitrogens is 1. The van der Waals surface area contributed by atoms with E-state index in [2.05, 4.69) is 10.4 Å². The van der Waals surface area contributed by atoms with Gasteiger partial charge in [0.15, 0.2) is 0 Å². The molecule has 1 aliphatic heterocycles. The first-order valence-electron chi connectivity index (χ1n) is 9.20. The number of anilines is 2. The van der Waals surface area contributed by atoms with Gasteiger partial charge in [0.05, 0.1) is 28.6 Å². The van der Waals surface area contributed by atoms with E-state index in [9.17, 15) is 9.18 Å². The van der Waals surface area contributed by atoms with Gasteiger partial charge in [-0.15, -0.1) is 0 Å². The normalized spacial score (nSPS) is 12.9. The number of hydrogen-bond acceptors (Lipinski definition) is 4. The molecule has 0 amide bonds. The molecule has 1 aliphatic rings. The van der Waals surface area contributed by atoms with E-state index in [1.54, 1.807) is 31.2 Å². The van der Waals surface area contributed by atoms with Gasteiger partial charge in [0.1, 0.15) is 5.82 Å². The molecule has 0 radical (unpaired) electrons. The Balaban J connectivity index is 1.62. The number of nitrogens with zero attached hydrogens (tertiary/aromatic N) is 1. The van der Waals surface area contributed by atoms with Gasteiger partial charge in [-0.3, -0.25) is 10.4 Å². The van der Waals surface area contributed by atoms with Crippen molar-refractivity contribution in [2.45, 2.75) is 13.3 Å². The van der Waals surface area contributed by atoms with Gasteiger partial charge in [0, 0.05) is 24.5 Å². The minimum absolute atomic E-state index is 0.0556. The Kier molecular flexibility index (Phi) is 5.27. The summed E-state index contributed by atoms with van der Waals surface area (Å²) in [6.07, 6.45) is 4.56. The van der Waals surface area contributed by atoms with Crippen molar-refractivity contribution in [1.82, 2.24) is 4.98 Å². The summed E-state index contributed by atoms with van der Waals surface area (Å²) in [5.41, 5.74) is 8.48. The number of halogens is 2. The lowest BCUT2D eigenvalue weighted by molar-refractivity contribution is 0.0526. The predicted octanol–water partition coefficient (Wildman–Crippen LogP) is 5.41. The third kappa shape index (κ3) is 3.98. The van der Waals surface area contributed by atoms with Gasteiger partial charge >= 0.3 is 5.97 Å². The first-order valence-corrected chi connectivity index (χ1v) is 9.58. The van der Waals surface area contributed by atoms with Crippen molar-refractivity contribution < 1.29 is 13.9 Å². The number of hydrogen-bond donors (Lipinski definition) is 2. The van der Waals surface area contributed by atoms with Crippen LogP contribution in [-0.2, 0) is 11.2 Å². The summed E-state index contributed by atoms with van der Waals surface area (Å²) in [7, 11) is 0. The number of ether oxygens (including phenoxy) is 1. The number of carbonyl (C=O) groups excluding carboxylic acids is 1. The van der Waals surface area contributed by atoms with Crippen molar-refractivity contribution in [2.75, 3.05) is 17.0 Å². The number of nitrogens with one attached hydrogen (secondary N) is 2. The molecule has 2 aromatic carbocycles. The second-order valence-corrected chi connectivity index (χ2v) is 6.99. The molecule has 5 nitrogen and oxygen atoms in total. The number of esters is 1. The quantitative estimate of drug-likeness (QED) is 0.551. The number of H-pyrrole nitrogens is 1. The Morgan fingerprint density at radius 1 is 1.24 bits per heavy atom. The molecule has 29 heavy (non-hydrogen) atoms. The molecule has 0 atom stereocenters. The first kappa shape index (κ1) is 19.1. The monoisotopic (exact) mass is 411 g/mol. The average molecular weight is 412 g/mol. The van der Waals surface area contributed by atoms with E-state index in [4.69, 9.17) is 16.3 Å². The van der Waals surface area contributed by atoms with Crippen LogP contribution in [0.15, 0.2) is 60.9 Å². The van der Waals surface area contributed by atoms with E-state index in [0.29, 0.717) is 24.3 Å². The maximum absolute atomic E-state index is 13.5. The fraction of sp³-hybridized carbons (Fsp3) is 0.136. The van der Waals surface area contributed by atoms with Gasteiger partial charge in [0.2, 0.25) is 0 Å². The highest BCUT2D eigenvalue weighted by molar-refractivity contribution is 6.31. The molecule has 0 aliphatic carbocycles. The van der Waals surface area contributed by atoms with E-state index in [-0.39, 0.29) is 11.0 Å². The highest BCUT2D eigenvalue weighted by Gasteiger charge is 2.20. The molecular weight excluding hydrogens is 393 g/mol. The lowest BCUT2D eigenvalue weighted by atomic mass is 9.98. The average Bonchev–Trinajstić information content (AvgIpc) is 3.20. The van der Waals surface area contributed by atoms with Crippen molar-refractivity contribution >= 4 is 34.5 Å². The predicted molar refractivity (Wildman–Crippen MR) is 112 cm³/mol. The Hall–Kier alpha value is -3.25. The number of rotatable bonds is 5. The Morgan fingerprint density at radius 2 is 2.03 bits per heavy atom. The standard InChI is InChI=1S/C22H19ClFN3O2/c1-2-29-22(28)15-5-3-14(4-6-15)16-11-20-21(9-10-25-20)27(13-16)26-17-7-8-19(24)18(23)12-17/h3-10,12-13,25-26H,2,11H2,1H3. The van der Waals surface area contributed by atoms with Gasteiger partial charge in [-0.05, 0) is 54.5 Å². The maximum Gasteiger partial charge on any atom is 0.338 e. The van der Waals surface area contributed by atoms with Crippen LogP contribution in [0.3, 0.4) is 0 Å². The van der Waals surface area contributed by atoms with Crippen LogP contribution < -0.4 is 10.4 Å². The topological polar surface area (TPSA) is 57.4 Å². The molecule has 0 bridgehead atoms. The summed E-state index contributed by atoms with van der Waals surface area (Å²) in [6.45, 7) is 2.12. The zero-order chi connectivity index (χ0) is 20.4. The summed E-state index contributed by atoms with van der Waals surface area (Å²) >= 11 is 5.91. The number of benzene rings is 2. The largest absolute Gasteiger partial charge is 0.462 e. The molecule has 4 rings (SSSR count). The molecule has 0 saturated carbocycles. The summed E-state index contributed by atoms with van der Waals surface area (Å²) in [5, 5.41) is 1.92. The molecule has 3 aromatic rings. The second kappa shape index (κ2) is 8.01. The maximum atomic E-state index is 13.5. The van der Waals surface area contributed by atoms with Crippen LogP contribution in [0.1, 0.15) is 28.5 Å². The number of allylic oxidation sites excluding steroid dienone is 1. The van der Waals surface area contributed by atoms with E-state index in [1.807, 2.05) is 35.6 Å². The third-order valence-electron chi connectivity index (χ3n) is 4.66. The highest BCUT2D eigenvalue weighted by Crippen LogP contribution is 2.33. The van der Waals surface area contributed by atoms with Crippen molar-refractivity contribution in [3.8, 4) is 0 Å². The van der Waals surface area contributed by atoms with Gasteiger partial charge in [0.25, 0.3) is 0 Å². The molecule has 0 saturated heterocycles. The van der Waals surface area contributed by atoms with Crippen LogP contribution in [0.5, 0.6) is 0 Å². The van der Waals surface area contributed by atoms with E-state index >= 15 is 0 Å². The molecule has 7 heteroatoms. The van der Waals surface area contributed by atoms with Crippen LogP contribution in [0.2, 0.25) is 5.02 Å². The molecule has 2 heterocycles. The zero-order valence-corrected chi connectivity index (χ0v) is 16.5. The fourth-order valence-corrected chi connectivity index (χ4v) is 3.41. The van der Waals surface area contributed by atoms with E-state index in [1.165, 1.54) is 6.07 Å². The summed E-state index contributed by atoms with van der Waals surface area (Å²) in [4.78, 5) is 15.1. The van der Waals surface area contributed by atoms with Crippen LogP contribution >= 0.6 is 11.6 Å². The zero-order valence-electron chi connectivity index (χ0n) is 15.7. The fourth-order valence-electron chi connectivity index (χ4n) is 3.23. The molecule has 0 spiro atoms. The number of aromatic amines is 1. The Morgan fingerprint density at radius 3 is 2.76 bits per heavy atom. The lowest BCUT2D eigenvalue weighted by Gasteiger charge is -2.28. The van der Waals surface area contributed by atoms with Crippen LogP contribution in [0.4, 0.5) is 15.8 Å². The number of carbonyl (C=O) groups is 1. The first-order chi connectivity index (χ1) is 14.0. The van der Waals surface area contributed by atoms with Gasteiger partial charge in [-0.2, -0.15) is 0 Å². The molecule has 2 N–H and O–H groups in total. The summed E-state index contributed by atoms with van der Waals surface area (Å²) in [5.74, 6) is -0.795. The Bertz CT molecular complexity index is 1080. The molecule has 148 valence electrons. The molecular formula is C22H19ClFN3O2. The molecule has 1 aromatic heterocycles. The van der Waals surface area contributed by atoms with Crippen molar-refractivity contribution in [2.24, 2.45) is 0 Å². The minimum atomic E-state index is -0.462. The smallest absolute Gasteiger partial charge is 0.338 e. The van der Waals surface area contributed by atoms with Crippen LogP contribution in [-0.4, -0.2) is 17.6 Å². The minimum Gasteiger partial charge on any atom is -0.462 e. The molecule has 0 fully saturated rings. The van der Waals surface area contributed by atoms with Crippen molar-refractivity contribution in [1.29, 1.82) is 0 Å². The Labute approximate surface area is 172 Å². The van der Waals surface area contributed by atoms with Crippen molar-refractivity contribution in [3.05, 3.63) is 88.6 Å². The summed E-state index contributed by atoms with van der Waals surface area (Å²) < 4.78 is 18.5. The molecule has 0 unspecified atom stereocenters. The van der Waals surface area contributed by atoms with Crippen LogP contribution in [0.25, 0.3) is 5.57 Å². The van der Waals surface area contributed by atoms with Crippen LogP contribution in [0, 0.1) is 5.82 Å². The SMILES string of the molecule is CCOC(=O)c1ccc(C2=CN(Nc3ccc(F)c(Cl)c3)c3cc[nH]c3C2)cc1. The lowest BCUT2D eigenvalue weighted by Crippen LogP contribution is -2.27. The van der Waals surface area contributed by atoms with Gasteiger partial charge in [-0.1, -0.05) is 23.7 Å². The van der Waals surface area contributed by atoms with Gasteiger partial charge in [-0.25, -0.2) is 9.18 Å². The van der Waals surface area contributed by atoms with E-state index < -0.39 is 5.82 Å². The third-order valence-corrected chi connectivity index (χ3v) is 4.95. The second-order valence-electron chi connectivity index (χ2n) is 6.58. The van der Waals surface area contributed by atoms with Gasteiger partial charge < -0.3 is 9.72 Å². The number of fused-ring (bicyclic) bond motifs is 1.